The van der Waals surface area contributed by atoms with Crippen LogP contribution in [0.15, 0.2) is 36.4 Å². The number of halogens is 2. The predicted molar refractivity (Wildman–Crippen MR) is 87.1 cm³/mol. The van der Waals surface area contributed by atoms with E-state index in [-0.39, 0.29) is 0 Å². The summed E-state index contributed by atoms with van der Waals surface area (Å²) in [6.07, 6.45) is 3.28. The molecular weight excluding hydrogens is 289 g/mol. The molecular formula is C17H17Cl2N. The monoisotopic (exact) mass is 305 g/mol. The van der Waals surface area contributed by atoms with Gasteiger partial charge in [0.2, 0.25) is 0 Å². The highest BCUT2D eigenvalue weighted by molar-refractivity contribution is 6.35. The van der Waals surface area contributed by atoms with Gasteiger partial charge in [-0.3, -0.25) is 0 Å². The van der Waals surface area contributed by atoms with E-state index in [1.54, 1.807) is 0 Å². The summed E-state index contributed by atoms with van der Waals surface area (Å²) < 4.78 is 0. The van der Waals surface area contributed by atoms with Gasteiger partial charge in [-0.1, -0.05) is 47.5 Å². The summed E-state index contributed by atoms with van der Waals surface area (Å²) in [5.41, 5.74) is 4.85. The molecule has 0 spiro atoms. The average molecular weight is 306 g/mol. The summed E-state index contributed by atoms with van der Waals surface area (Å²) in [5.74, 6) is 0. The first-order valence-corrected chi connectivity index (χ1v) is 7.68. The highest BCUT2D eigenvalue weighted by Crippen LogP contribution is 2.31. The minimum atomic E-state index is 0.418. The second-order valence-corrected chi connectivity index (χ2v) is 6.25. The zero-order valence-electron chi connectivity index (χ0n) is 11.4. The fourth-order valence-electron chi connectivity index (χ4n) is 2.80. The van der Waals surface area contributed by atoms with E-state index in [1.165, 1.54) is 11.1 Å². The van der Waals surface area contributed by atoms with Gasteiger partial charge in [-0.15, -0.1) is 0 Å². The lowest BCUT2D eigenvalue weighted by Gasteiger charge is -2.27. The Morgan fingerprint density at radius 1 is 1.05 bits per heavy atom. The molecule has 0 saturated carbocycles. The van der Waals surface area contributed by atoms with Gasteiger partial charge in [0, 0.05) is 11.1 Å². The largest absolute Gasteiger partial charge is 0.381 e. The number of rotatable bonds is 2. The molecule has 1 unspecified atom stereocenters. The van der Waals surface area contributed by atoms with E-state index in [4.69, 9.17) is 23.2 Å². The van der Waals surface area contributed by atoms with E-state index in [1.807, 2.05) is 19.1 Å². The molecule has 3 heteroatoms. The Morgan fingerprint density at radius 3 is 2.60 bits per heavy atom. The van der Waals surface area contributed by atoms with Crippen LogP contribution < -0.4 is 5.32 Å². The Morgan fingerprint density at radius 2 is 1.80 bits per heavy atom. The van der Waals surface area contributed by atoms with Crippen LogP contribution in [0.5, 0.6) is 0 Å². The van der Waals surface area contributed by atoms with Gasteiger partial charge in [-0.2, -0.15) is 0 Å². The average Bonchev–Trinajstić information content (AvgIpc) is 2.44. The maximum Gasteiger partial charge on any atom is 0.0641 e. The van der Waals surface area contributed by atoms with Crippen molar-refractivity contribution in [3.63, 3.8) is 0 Å². The summed E-state index contributed by atoms with van der Waals surface area (Å²) in [7, 11) is 0. The molecule has 3 rings (SSSR count). The molecule has 0 fully saturated rings. The van der Waals surface area contributed by atoms with E-state index >= 15 is 0 Å². The Balaban J connectivity index is 1.78. The quantitative estimate of drug-likeness (QED) is 0.797. The molecule has 1 nitrogen and oxygen atoms in total. The van der Waals surface area contributed by atoms with Gasteiger partial charge in [-0.25, -0.2) is 0 Å². The van der Waals surface area contributed by atoms with Crippen molar-refractivity contribution < 1.29 is 0 Å². The SMILES string of the molecule is Cc1cc(Cl)c(NC2CCc3ccccc3C2)cc1Cl. The van der Waals surface area contributed by atoms with Crippen molar-refractivity contribution in [2.24, 2.45) is 0 Å². The van der Waals surface area contributed by atoms with Crippen molar-refractivity contribution >= 4 is 28.9 Å². The zero-order chi connectivity index (χ0) is 14.1. The highest BCUT2D eigenvalue weighted by atomic mass is 35.5. The third-order valence-corrected chi connectivity index (χ3v) is 4.67. The fourth-order valence-corrected chi connectivity index (χ4v) is 3.23. The second kappa shape index (κ2) is 5.67. The first kappa shape index (κ1) is 13.8. The van der Waals surface area contributed by atoms with Gasteiger partial charge < -0.3 is 5.32 Å². The lowest BCUT2D eigenvalue weighted by atomic mass is 9.88. The van der Waals surface area contributed by atoms with Crippen molar-refractivity contribution in [1.82, 2.24) is 0 Å². The highest BCUT2D eigenvalue weighted by Gasteiger charge is 2.19. The van der Waals surface area contributed by atoms with Gasteiger partial charge >= 0.3 is 0 Å². The molecule has 104 valence electrons. The Labute approximate surface area is 129 Å². The third-order valence-electron chi connectivity index (χ3n) is 3.95. The number of nitrogens with one attached hydrogen (secondary N) is 1. The van der Waals surface area contributed by atoms with Gasteiger partial charge in [0.15, 0.2) is 0 Å². The molecule has 0 aliphatic heterocycles. The van der Waals surface area contributed by atoms with Crippen molar-refractivity contribution in [1.29, 1.82) is 0 Å². The molecule has 1 aliphatic rings. The summed E-state index contributed by atoms with van der Waals surface area (Å²) in [5, 5.41) is 5.04. The van der Waals surface area contributed by atoms with E-state index < -0.39 is 0 Å². The maximum absolute atomic E-state index is 6.30. The zero-order valence-corrected chi connectivity index (χ0v) is 12.9. The van der Waals surface area contributed by atoms with Crippen molar-refractivity contribution in [3.8, 4) is 0 Å². The van der Waals surface area contributed by atoms with Crippen LogP contribution in [0.3, 0.4) is 0 Å². The number of anilines is 1. The van der Waals surface area contributed by atoms with Crippen LogP contribution in [-0.2, 0) is 12.8 Å². The van der Waals surface area contributed by atoms with E-state index in [0.29, 0.717) is 6.04 Å². The van der Waals surface area contributed by atoms with Crippen LogP contribution in [0.4, 0.5) is 5.69 Å². The standard InChI is InChI=1S/C17H17Cl2N/c1-11-8-16(19)17(10-15(11)18)20-14-7-6-12-4-2-3-5-13(12)9-14/h2-5,8,10,14,20H,6-7,9H2,1H3. The molecule has 0 heterocycles. The van der Waals surface area contributed by atoms with E-state index in [9.17, 15) is 0 Å². The van der Waals surface area contributed by atoms with Crippen LogP contribution in [0.1, 0.15) is 23.1 Å². The van der Waals surface area contributed by atoms with Crippen LogP contribution in [0.25, 0.3) is 0 Å². The lowest BCUT2D eigenvalue weighted by molar-refractivity contribution is 0.611. The first-order valence-electron chi connectivity index (χ1n) is 6.92. The molecule has 0 bridgehead atoms. The smallest absolute Gasteiger partial charge is 0.0641 e. The summed E-state index contributed by atoms with van der Waals surface area (Å²) in [6, 6.07) is 12.9. The van der Waals surface area contributed by atoms with E-state index in [0.717, 1.165) is 40.6 Å². The van der Waals surface area contributed by atoms with Crippen molar-refractivity contribution in [2.75, 3.05) is 5.32 Å². The maximum atomic E-state index is 6.30. The Bertz CT molecular complexity index is 637. The number of benzene rings is 2. The molecule has 1 N–H and O–H groups in total. The molecule has 0 aromatic heterocycles. The van der Waals surface area contributed by atoms with Crippen LogP contribution in [0, 0.1) is 6.92 Å². The summed E-state index contributed by atoms with van der Waals surface area (Å²) >= 11 is 12.5. The molecule has 2 aromatic carbocycles. The second-order valence-electron chi connectivity index (χ2n) is 5.43. The normalized spacial score (nSPS) is 17.6. The minimum absolute atomic E-state index is 0.418. The lowest BCUT2D eigenvalue weighted by Crippen LogP contribution is -2.27. The first-order chi connectivity index (χ1) is 9.63. The van der Waals surface area contributed by atoms with Crippen molar-refractivity contribution in [3.05, 3.63) is 63.1 Å². The van der Waals surface area contributed by atoms with Gasteiger partial charge in [0.1, 0.15) is 0 Å². The van der Waals surface area contributed by atoms with Crippen LogP contribution >= 0.6 is 23.2 Å². The molecule has 2 aromatic rings. The molecule has 1 atom stereocenters. The van der Waals surface area contributed by atoms with Crippen LogP contribution in [0.2, 0.25) is 10.0 Å². The van der Waals surface area contributed by atoms with E-state index in [2.05, 4.69) is 29.6 Å². The molecule has 0 saturated heterocycles. The number of hydrogen-bond acceptors (Lipinski definition) is 1. The fraction of sp³-hybridized carbons (Fsp3) is 0.294. The molecule has 20 heavy (non-hydrogen) atoms. The Kier molecular flexibility index (Phi) is 3.91. The van der Waals surface area contributed by atoms with Crippen molar-refractivity contribution in [2.45, 2.75) is 32.2 Å². The summed E-state index contributed by atoms with van der Waals surface area (Å²) in [4.78, 5) is 0. The topological polar surface area (TPSA) is 12.0 Å². The third kappa shape index (κ3) is 2.79. The number of hydrogen-bond donors (Lipinski definition) is 1. The Hall–Kier alpha value is -1.18. The number of aryl methyl sites for hydroxylation is 2. The van der Waals surface area contributed by atoms with Crippen LogP contribution in [-0.4, -0.2) is 6.04 Å². The number of fused-ring (bicyclic) bond motifs is 1. The molecule has 1 aliphatic carbocycles. The molecule has 0 radical (unpaired) electrons. The molecule has 0 amide bonds. The predicted octanol–water partition coefficient (Wildman–Crippen LogP) is 5.27. The van der Waals surface area contributed by atoms with Gasteiger partial charge in [0.05, 0.1) is 10.7 Å². The summed E-state index contributed by atoms with van der Waals surface area (Å²) in [6.45, 7) is 1.97. The van der Waals surface area contributed by atoms with Gasteiger partial charge in [0.25, 0.3) is 0 Å². The van der Waals surface area contributed by atoms with Gasteiger partial charge in [-0.05, 0) is 55.0 Å². The minimum Gasteiger partial charge on any atom is -0.381 e.